The second-order valence-corrected chi connectivity index (χ2v) is 13.4. The number of hydrogen-bond acceptors (Lipinski definition) is 4. The zero-order chi connectivity index (χ0) is 17.5. The van der Waals surface area contributed by atoms with Crippen LogP contribution in [0.3, 0.4) is 0 Å². The third kappa shape index (κ3) is 6.39. The van der Waals surface area contributed by atoms with E-state index in [1.807, 2.05) is 0 Å². The van der Waals surface area contributed by atoms with E-state index in [9.17, 15) is 9.59 Å². The van der Waals surface area contributed by atoms with Gasteiger partial charge >= 0.3 is 17.9 Å². The van der Waals surface area contributed by atoms with Crippen LogP contribution in [0.1, 0.15) is 11.7 Å². The van der Waals surface area contributed by atoms with Gasteiger partial charge in [-0.3, -0.25) is 0 Å². The molecule has 23 heavy (non-hydrogen) atoms. The van der Waals surface area contributed by atoms with Gasteiger partial charge in [0.15, 0.2) is 0 Å². The number of carbonyl (C=O) groups excluding carboxylic acids is 2. The fourth-order valence-electron chi connectivity index (χ4n) is 1.78. The van der Waals surface area contributed by atoms with Crippen LogP contribution in [0.5, 0.6) is 0 Å². The molecule has 0 radical (unpaired) electrons. The predicted octanol–water partition coefficient (Wildman–Crippen LogP) is 4.21. The summed E-state index contributed by atoms with van der Waals surface area (Å²) in [4.78, 5) is 22.9. The fourth-order valence-corrected chi connectivity index (χ4v) is 4.26. The Labute approximate surface area is 149 Å². The number of benzene rings is 1. The quantitative estimate of drug-likeness (QED) is 0.287. The van der Waals surface area contributed by atoms with Gasteiger partial charge in [0, 0.05) is 12.2 Å². The minimum absolute atomic E-state index is 0.211. The highest BCUT2D eigenvalue weighted by Crippen LogP contribution is 2.44. The lowest BCUT2D eigenvalue weighted by molar-refractivity contribution is -0.145. The molecule has 2 atom stereocenters. The molecule has 0 saturated heterocycles. The van der Waals surface area contributed by atoms with Crippen LogP contribution in [0.4, 0.5) is 0 Å². The maximum atomic E-state index is 11.6. The molecule has 8 heteroatoms. The highest BCUT2D eigenvalue weighted by Gasteiger charge is 2.45. The van der Waals surface area contributed by atoms with Crippen molar-refractivity contribution >= 4 is 51.2 Å². The van der Waals surface area contributed by atoms with E-state index in [1.165, 1.54) is 0 Å². The Hall–Kier alpha value is -1.27. The van der Waals surface area contributed by atoms with E-state index < -0.39 is 29.6 Å². The second-order valence-electron chi connectivity index (χ2n) is 4.45. The zero-order valence-corrected chi connectivity index (χ0v) is 15.4. The van der Waals surface area contributed by atoms with Gasteiger partial charge in [0.05, 0.1) is 12.1 Å². The Kier molecular flexibility index (Phi) is 7.85. The highest BCUT2D eigenvalue weighted by atomic mass is 35.8. The Morgan fingerprint density at radius 3 is 2.13 bits per heavy atom. The monoisotopic (exact) mass is 392 g/mol. The molecule has 0 fully saturated rings. The first-order chi connectivity index (χ1) is 10.8. The van der Waals surface area contributed by atoms with Crippen molar-refractivity contribution in [1.29, 1.82) is 0 Å². The molecule has 2 unspecified atom stereocenters. The molecule has 1 aromatic rings. The number of rotatable bonds is 8. The van der Waals surface area contributed by atoms with Gasteiger partial charge in [0.25, 0.3) is 0 Å². The Morgan fingerprint density at radius 1 is 1.09 bits per heavy atom. The van der Waals surface area contributed by atoms with Crippen LogP contribution < -0.4 is 0 Å². The summed E-state index contributed by atoms with van der Waals surface area (Å²) in [5, 5.41) is 0. The van der Waals surface area contributed by atoms with Gasteiger partial charge in [-0.2, -0.15) is 0 Å². The first-order valence-corrected chi connectivity index (χ1v) is 11.6. The maximum Gasteiger partial charge on any atom is 0.351 e. The standard InChI is InChI=1S/C15H15Cl3O4Si/c1-3-13(19)21-10-12(23(16,17)18)15(22-14(20)4-2)11-8-6-5-7-9-11/h3-9,12,15H,1-2,10H2. The van der Waals surface area contributed by atoms with E-state index in [0.717, 1.165) is 12.2 Å². The van der Waals surface area contributed by atoms with Gasteiger partial charge in [-0.1, -0.05) is 43.5 Å². The van der Waals surface area contributed by atoms with Gasteiger partial charge in [0.2, 0.25) is 0 Å². The first kappa shape index (κ1) is 19.8. The van der Waals surface area contributed by atoms with Gasteiger partial charge in [-0.25, -0.2) is 9.59 Å². The Bertz CT molecular complexity index is 572. The third-order valence-electron chi connectivity index (χ3n) is 2.90. The minimum atomic E-state index is -3.40. The van der Waals surface area contributed by atoms with Crippen LogP contribution in [0.25, 0.3) is 0 Å². The maximum absolute atomic E-state index is 11.6. The van der Waals surface area contributed by atoms with Crippen LogP contribution in [0.2, 0.25) is 5.54 Å². The number of hydrogen-bond donors (Lipinski definition) is 0. The van der Waals surface area contributed by atoms with Gasteiger partial charge in [0.1, 0.15) is 6.10 Å². The summed E-state index contributed by atoms with van der Waals surface area (Å²) in [5.41, 5.74) is -0.163. The van der Waals surface area contributed by atoms with Crippen molar-refractivity contribution < 1.29 is 19.1 Å². The average Bonchev–Trinajstić information content (AvgIpc) is 2.53. The van der Waals surface area contributed by atoms with Crippen LogP contribution in [-0.2, 0) is 19.1 Å². The van der Waals surface area contributed by atoms with Crippen LogP contribution in [-0.4, -0.2) is 24.5 Å². The lowest BCUT2D eigenvalue weighted by atomic mass is 10.1. The molecule has 0 N–H and O–H groups in total. The van der Waals surface area contributed by atoms with Gasteiger partial charge in [-0.15, -0.1) is 33.2 Å². The zero-order valence-electron chi connectivity index (χ0n) is 12.1. The lowest BCUT2D eigenvalue weighted by Gasteiger charge is -2.30. The van der Waals surface area contributed by atoms with E-state index >= 15 is 0 Å². The number of ether oxygens (including phenoxy) is 2. The molecule has 1 aromatic carbocycles. The molecule has 0 aliphatic carbocycles. The smallest absolute Gasteiger partial charge is 0.351 e. The topological polar surface area (TPSA) is 52.6 Å². The van der Waals surface area contributed by atoms with Crippen LogP contribution in [0.15, 0.2) is 55.6 Å². The molecular weight excluding hydrogens is 379 g/mol. The number of halogens is 3. The van der Waals surface area contributed by atoms with Crippen molar-refractivity contribution in [3.8, 4) is 0 Å². The Morgan fingerprint density at radius 2 is 1.65 bits per heavy atom. The summed E-state index contributed by atoms with van der Waals surface area (Å²) in [5.74, 6) is -1.32. The van der Waals surface area contributed by atoms with Gasteiger partial charge in [-0.05, 0) is 5.56 Å². The van der Waals surface area contributed by atoms with E-state index in [4.69, 9.17) is 42.7 Å². The summed E-state index contributed by atoms with van der Waals surface area (Å²) in [6.45, 7) is 6.45. The average molecular weight is 394 g/mol. The summed E-state index contributed by atoms with van der Waals surface area (Å²) in [6, 6.07) is 5.39. The van der Waals surface area contributed by atoms with Crippen LogP contribution in [0, 0.1) is 0 Å². The summed E-state index contributed by atoms with van der Waals surface area (Å²) in [6.07, 6.45) is 1.14. The normalized spacial score (nSPS) is 13.5. The molecule has 0 aromatic heterocycles. The van der Waals surface area contributed by atoms with Crippen molar-refractivity contribution in [2.45, 2.75) is 11.6 Å². The van der Waals surface area contributed by atoms with E-state index in [2.05, 4.69) is 13.2 Å². The number of carbonyl (C=O) groups is 2. The first-order valence-electron chi connectivity index (χ1n) is 6.53. The van der Waals surface area contributed by atoms with Crippen molar-refractivity contribution in [3.05, 3.63) is 61.2 Å². The molecule has 1 rings (SSSR count). The van der Waals surface area contributed by atoms with Crippen LogP contribution >= 0.6 is 33.2 Å². The molecule has 0 amide bonds. The molecule has 0 aliphatic heterocycles. The predicted molar refractivity (Wildman–Crippen MR) is 93.7 cm³/mol. The lowest BCUT2D eigenvalue weighted by Crippen LogP contribution is -2.32. The summed E-state index contributed by atoms with van der Waals surface area (Å²) >= 11 is 18.4. The van der Waals surface area contributed by atoms with E-state index in [1.54, 1.807) is 30.3 Å². The second kappa shape index (κ2) is 9.13. The molecule has 124 valence electrons. The number of esters is 2. The Balaban J connectivity index is 3.15. The summed E-state index contributed by atoms with van der Waals surface area (Å²) < 4.78 is 10.4. The van der Waals surface area contributed by atoms with Crippen molar-refractivity contribution in [2.24, 2.45) is 0 Å². The van der Waals surface area contributed by atoms with Gasteiger partial charge < -0.3 is 9.47 Å². The van der Waals surface area contributed by atoms with E-state index in [0.29, 0.717) is 5.56 Å². The molecule has 0 heterocycles. The largest absolute Gasteiger partial charge is 0.462 e. The minimum Gasteiger partial charge on any atom is -0.462 e. The molecule has 0 bridgehead atoms. The van der Waals surface area contributed by atoms with E-state index in [-0.39, 0.29) is 6.61 Å². The molecule has 0 aliphatic rings. The highest BCUT2D eigenvalue weighted by molar-refractivity contribution is 7.65. The van der Waals surface area contributed by atoms with Crippen molar-refractivity contribution in [3.63, 3.8) is 0 Å². The van der Waals surface area contributed by atoms with Crippen molar-refractivity contribution in [1.82, 2.24) is 0 Å². The molecular formula is C15H15Cl3O4Si. The SMILES string of the molecule is C=CC(=O)OCC(C(OC(=O)C=C)c1ccccc1)[Si](Cl)(Cl)Cl. The van der Waals surface area contributed by atoms with Crippen molar-refractivity contribution in [2.75, 3.05) is 6.61 Å². The summed E-state index contributed by atoms with van der Waals surface area (Å²) in [7, 11) is 0. The fraction of sp³-hybridized carbons (Fsp3) is 0.200. The molecule has 0 saturated carbocycles. The molecule has 4 nitrogen and oxygen atoms in total. The third-order valence-corrected chi connectivity index (χ3v) is 6.73. The molecule has 0 spiro atoms.